The molecule has 6 nitrogen and oxygen atoms in total. The van der Waals surface area contributed by atoms with Crippen molar-refractivity contribution >= 4 is 27.7 Å². The van der Waals surface area contributed by atoms with Crippen molar-refractivity contribution in [3.05, 3.63) is 70.7 Å². The summed E-state index contributed by atoms with van der Waals surface area (Å²) in [4.78, 5) is 12.9. The molecule has 178 valence electrons. The molecule has 8 heteroatoms. The van der Waals surface area contributed by atoms with Crippen molar-refractivity contribution in [3.63, 3.8) is 0 Å². The first kappa shape index (κ1) is 24.2. The van der Waals surface area contributed by atoms with E-state index < -0.39 is 10.2 Å². The molecular weight excluding hydrogens is 458 g/mol. The smallest absolute Gasteiger partial charge is 0.281 e. The zero-order chi connectivity index (χ0) is 23.3. The summed E-state index contributed by atoms with van der Waals surface area (Å²) in [5, 5.41) is 3.78. The largest absolute Gasteiger partial charge is 0.345 e. The predicted octanol–water partition coefficient (Wildman–Crippen LogP) is 4.64. The van der Waals surface area contributed by atoms with Gasteiger partial charge in [-0.2, -0.15) is 17.0 Å². The van der Waals surface area contributed by atoms with Gasteiger partial charge in [0.05, 0.1) is 6.04 Å². The molecule has 0 bridgehead atoms. The topological polar surface area (TPSA) is 69.7 Å². The number of rotatable bonds is 7. The van der Waals surface area contributed by atoms with Crippen LogP contribution in [0.5, 0.6) is 0 Å². The Labute approximate surface area is 202 Å². The summed E-state index contributed by atoms with van der Waals surface area (Å²) in [6.45, 7) is 2.34. The quantitative estimate of drug-likeness (QED) is 0.615. The molecule has 2 aliphatic rings. The molecule has 1 amide bonds. The minimum atomic E-state index is -3.36. The Morgan fingerprint density at radius 1 is 0.909 bits per heavy atom. The molecule has 1 atom stereocenters. The number of benzene rings is 2. The first-order chi connectivity index (χ1) is 15.9. The Kier molecular flexibility index (Phi) is 8.07. The Bertz CT molecular complexity index is 1020. The molecule has 0 saturated carbocycles. The number of nitrogens with one attached hydrogen (secondary N) is 1. The molecule has 2 fully saturated rings. The van der Waals surface area contributed by atoms with Crippen molar-refractivity contribution in [2.24, 2.45) is 5.92 Å². The lowest BCUT2D eigenvalue weighted by Gasteiger charge is -2.37. The number of hydrogen-bond acceptors (Lipinski definition) is 3. The molecule has 0 spiro atoms. The highest BCUT2D eigenvalue weighted by Crippen LogP contribution is 2.30. The van der Waals surface area contributed by atoms with E-state index in [1.165, 1.54) is 0 Å². The SMILES string of the molecule is O=C(NC(CC1CCN(S(=O)(=O)N2CCCCC2)CC1)c1ccccc1)c1ccc(Cl)cc1. The fourth-order valence-corrected chi connectivity index (χ4v) is 6.62. The monoisotopic (exact) mass is 489 g/mol. The summed E-state index contributed by atoms with van der Waals surface area (Å²) in [6, 6.07) is 16.7. The van der Waals surface area contributed by atoms with E-state index in [0.29, 0.717) is 42.7 Å². The van der Waals surface area contributed by atoms with E-state index in [4.69, 9.17) is 11.6 Å². The Morgan fingerprint density at radius 2 is 1.52 bits per heavy atom. The van der Waals surface area contributed by atoms with Crippen molar-refractivity contribution in [2.45, 2.75) is 44.6 Å². The van der Waals surface area contributed by atoms with E-state index in [2.05, 4.69) is 5.32 Å². The second-order valence-electron chi connectivity index (χ2n) is 8.99. The summed E-state index contributed by atoms with van der Waals surface area (Å²) in [6.07, 6.45) is 5.38. The van der Waals surface area contributed by atoms with Crippen LogP contribution in [-0.2, 0) is 10.2 Å². The molecule has 0 radical (unpaired) electrons. The van der Waals surface area contributed by atoms with Crippen molar-refractivity contribution < 1.29 is 13.2 Å². The lowest BCUT2D eigenvalue weighted by atomic mass is 9.88. The minimum absolute atomic E-state index is 0.134. The summed E-state index contributed by atoms with van der Waals surface area (Å²) in [7, 11) is -3.36. The average molecular weight is 490 g/mol. The molecule has 1 N–H and O–H groups in total. The van der Waals surface area contributed by atoms with Crippen molar-refractivity contribution in [3.8, 4) is 0 Å². The molecule has 2 aromatic rings. The maximum Gasteiger partial charge on any atom is 0.281 e. The van der Waals surface area contributed by atoms with Gasteiger partial charge in [0.15, 0.2) is 0 Å². The van der Waals surface area contributed by atoms with Crippen molar-refractivity contribution in [2.75, 3.05) is 26.2 Å². The van der Waals surface area contributed by atoms with Crippen LogP contribution in [0.4, 0.5) is 0 Å². The number of carbonyl (C=O) groups is 1. The molecule has 0 aliphatic carbocycles. The molecule has 2 aromatic carbocycles. The highest BCUT2D eigenvalue weighted by molar-refractivity contribution is 7.86. The van der Waals surface area contributed by atoms with Gasteiger partial charge in [-0.05, 0) is 67.9 Å². The maximum absolute atomic E-state index is 13.0. The van der Waals surface area contributed by atoms with Crippen LogP contribution in [-0.4, -0.2) is 49.1 Å². The van der Waals surface area contributed by atoms with Crippen molar-refractivity contribution in [1.82, 2.24) is 13.9 Å². The van der Waals surface area contributed by atoms with E-state index in [9.17, 15) is 13.2 Å². The van der Waals surface area contributed by atoms with Crippen LogP contribution in [0.2, 0.25) is 5.02 Å². The van der Waals surface area contributed by atoms with Crippen LogP contribution in [0.1, 0.15) is 60.5 Å². The summed E-state index contributed by atoms with van der Waals surface area (Å²) < 4.78 is 29.3. The molecule has 33 heavy (non-hydrogen) atoms. The molecule has 1 unspecified atom stereocenters. The van der Waals surface area contributed by atoms with Gasteiger partial charge in [-0.3, -0.25) is 4.79 Å². The lowest BCUT2D eigenvalue weighted by Crippen LogP contribution is -2.48. The van der Waals surface area contributed by atoms with Crippen LogP contribution in [0.3, 0.4) is 0 Å². The Morgan fingerprint density at radius 3 is 2.15 bits per heavy atom. The molecule has 2 heterocycles. The van der Waals surface area contributed by atoms with Gasteiger partial charge in [0, 0.05) is 36.8 Å². The van der Waals surface area contributed by atoms with Gasteiger partial charge in [0.25, 0.3) is 16.1 Å². The summed E-state index contributed by atoms with van der Waals surface area (Å²) in [5.74, 6) is 0.208. The fraction of sp³-hybridized carbons (Fsp3) is 0.480. The van der Waals surface area contributed by atoms with E-state index in [-0.39, 0.29) is 11.9 Å². The first-order valence-corrected chi connectivity index (χ1v) is 13.6. The van der Waals surface area contributed by atoms with Gasteiger partial charge < -0.3 is 5.32 Å². The fourth-order valence-electron chi connectivity index (χ4n) is 4.77. The zero-order valence-electron chi connectivity index (χ0n) is 18.8. The van der Waals surface area contributed by atoms with Crippen LogP contribution in [0.15, 0.2) is 54.6 Å². The number of nitrogens with zero attached hydrogens (tertiary/aromatic N) is 2. The van der Waals surface area contributed by atoms with Gasteiger partial charge in [0.2, 0.25) is 0 Å². The van der Waals surface area contributed by atoms with E-state index in [0.717, 1.165) is 44.1 Å². The van der Waals surface area contributed by atoms with Gasteiger partial charge >= 0.3 is 0 Å². The Hall–Kier alpha value is -1.93. The second-order valence-corrected chi connectivity index (χ2v) is 11.4. The van der Waals surface area contributed by atoms with Crippen LogP contribution >= 0.6 is 11.6 Å². The zero-order valence-corrected chi connectivity index (χ0v) is 20.4. The van der Waals surface area contributed by atoms with E-state index in [1.807, 2.05) is 30.3 Å². The minimum Gasteiger partial charge on any atom is -0.345 e. The van der Waals surface area contributed by atoms with Gasteiger partial charge in [-0.1, -0.05) is 48.4 Å². The highest BCUT2D eigenvalue weighted by atomic mass is 35.5. The molecule has 0 aromatic heterocycles. The Balaban J connectivity index is 1.40. The van der Waals surface area contributed by atoms with Crippen LogP contribution < -0.4 is 5.32 Å². The van der Waals surface area contributed by atoms with Crippen molar-refractivity contribution in [1.29, 1.82) is 0 Å². The predicted molar refractivity (Wildman–Crippen MR) is 131 cm³/mol. The van der Waals surface area contributed by atoms with Gasteiger partial charge in [-0.25, -0.2) is 0 Å². The third-order valence-corrected chi connectivity index (χ3v) is 9.01. The maximum atomic E-state index is 13.0. The highest BCUT2D eigenvalue weighted by Gasteiger charge is 2.34. The third kappa shape index (κ3) is 6.15. The number of hydrogen-bond donors (Lipinski definition) is 1. The second kappa shape index (κ2) is 11.0. The first-order valence-electron chi connectivity index (χ1n) is 11.8. The number of carbonyl (C=O) groups excluding carboxylic acids is 1. The summed E-state index contributed by atoms with van der Waals surface area (Å²) in [5.41, 5.74) is 1.63. The van der Waals surface area contributed by atoms with Crippen LogP contribution in [0, 0.1) is 5.92 Å². The van der Waals surface area contributed by atoms with Gasteiger partial charge in [0.1, 0.15) is 0 Å². The molecular formula is C25H32ClN3O3S. The summed E-state index contributed by atoms with van der Waals surface area (Å²) >= 11 is 5.96. The molecule has 2 saturated heterocycles. The third-order valence-electron chi connectivity index (χ3n) is 6.72. The number of piperidine rings is 2. The van der Waals surface area contributed by atoms with Crippen LogP contribution in [0.25, 0.3) is 0 Å². The molecule has 4 rings (SSSR count). The molecule has 2 aliphatic heterocycles. The standard InChI is InChI=1S/C25H32ClN3O3S/c26-23-11-9-22(10-12-23)25(30)27-24(21-7-3-1-4-8-21)19-20-13-17-29(18-14-20)33(31,32)28-15-5-2-6-16-28/h1,3-4,7-12,20,24H,2,5-6,13-19H2,(H,27,30). The average Bonchev–Trinajstić information content (AvgIpc) is 2.85. The van der Waals surface area contributed by atoms with E-state index >= 15 is 0 Å². The lowest BCUT2D eigenvalue weighted by molar-refractivity contribution is 0.0927. The normalized spacial score (nSPS) is 19.8. The number of halogens is 1. The van der Waals surface area contributed by atoms with E-state index in [1.54, 1.807) is 32.9 Å². The number of amides is 1. The van der Waals surface area contributed by atoms with Gasteiger partial charge in [-0.15, -0.1) is 0 Å².